The Morgan fingerprint density at radius 3 is 2.50 bits per heavy atom. The van der Waals surface area contributed by atoms with Gasteiger partial charge in [-0.05, 0) is 31.9 Å². The van der Waals surface area contributed by atoms with Gasteiger partial charge < -0.3 is 10.4 Å². The van der Waals surface area contributed by atoms with Gasteiger partial charge in [-0.1, -0.05) is 20.3 Å². The number of aryl methyl sites for hydroxylation is 1. The van der Waals surface area contributed by atoms with Crippen molar-refractivity contribution in [2.75, 3.05) is 6.61 Å². The van der Waals surface area contributed by atoms with Gasteiger partial charge in [-0.2, -0.15) is 0 Å². The molecule has 3 unspecified atom stereocenters. The van der Waals surface area contributed by atoms with Gasteiger partial charge in [-0.3, -0.25) is 0 Å². The van der Waals surface area contributed by atoms with Gasteiger partial charge in [0.2, 0.25) is 0 Å². The van der Waals surface area contributed by atoms with Crippen molar-refractivity contribution < 1.29 is 5.11 Å². The first kappa shape index (κ1) is 13.7. The van der Waals surface area contributed by atoms with Crippen LogP contribution < -0.4 is 5.32 Å². The zero-order valence-electron chi connectivity index (χ0n) is 10.7. The Morgan fingerprint density at radius 2 is 2.06 bits per heavy atom. The van der Waals surface area contributed by atoms with E-state index in [0.717, 1.165) is 6.42 Å². The average Bonchev–Trinajstić information content (AvgIpc) is 2.71. The number of hydrogen-bond acceptors (Lipinski definition) is 3. The third-order valence-corrected chi connectivity index (χ3v) is 4.36. The number of nitrogens with one attached hydrogen (secondary N) is 1. The molecule has 1 aromatic heterocycles. The fraction of sp³-hybridized carbons (Fsp3) is 0.692. The summed E-state index contributed by atoms with van der Waals surface area (Å²) in [5.74, 6) is 0.508. The Bertz CT molecular complexity index is 311. The van der Waals surface area contributed by atoms with Crippen molar-refractivity contribution in [2.24, 2.45) is 5.92 Å². The molecule has 0 saturated carbocycles. The summed E-state index contributed by atoms with van der Waals surface area (Å²) < 4.78 is 0. The molecule has 16 heavy (non-hydrogen) atoms. The Labute approximate surface area is 103 Å². The van der Waals surface area contributed by atoms with Crippen molar-refractivity contribution in [1.29, 1.82) is 0 Å². The van der Waals surface area contributed by atoms with Gasteiger partial charge in [-0.25, -0.2) is 0 Å². The molecule has 0 aromatic carbocycles. The highest BCUT2D eigenvalue weighted by Crippen LogP contribution is 2.23. The summed E-state index contributed by atoms with van der Waals surface area (Å²) in [4.78, 5) is 2.69. The standard InChI is InChI=1S/C13H23NOS/c1-5-9(2)12(8-15)14-11(4)13-7-6-10(3)16-13/h6-7,9,11-12,14-15H,5,8H2,1-4H3. The Kier molecular flexibility index (Phi) is 5.46. The number of hydrogen-bond donors (Lipinski definition) is 2. The summed E-state index contributed by atoms with van der Waals surface area (Å²) in [6, 6.07) is 4.84. The fourth-order valence-corrected chi connectivity index (χ4v) is 2.66. The van der Waals surface area contributed by atoms with Crippen LogP contribution in [0.4, 0.5) is 0 Å². The lowest BCUT2D eigenvalue weighted by atomic mass is 9.99. The second-order valence-corrected chi connectivity index (χ2v) is 5.83. The topological polar surface area (TPSA) is 32.3 Å². The molecule has 0 aliphatic rings. The number of thiophene rings is 1. The van der Waals surface area contributed by atoms with E-state index in [9.17, 15) is 5.11 Å². The molecule has 3 heteroatoms. The molecule has 0 amide bonds. The van der Waals surface area contributed by atoms with E-state index in [4.69, 9.17) is 0 Å². The maximum atomic E-state index is 9.37. The zero-order valence-corrected chi connectivity index (χ0v) is 11.5. The van der Waals surface area contributed by atoms with Gasteiger partial charge >= 0.3 is 0 Å². The van der Waals surface area contributed by atoms with Gasteiger partial charge in [0.15, 0.2) is 0 Å². The second-order valence-electron chi connectivity index (χ2n) is 4.51. The smallest absolute Gasteiger partial charge is 0.0587 e. The lowest BCUT2D eigenvalue weighted by Crippen LogP contribution is -2.39. The molecule has 1 rings (SSSR count). The molecule has 1 aromatic rings. The lowest BCUT2D eigenvalue weighted by molar-refractivity contribution is 0.193. The van der Waals surface area contributed by atoms with Crippen LogP contribution in [0.25, 0.3) is 0 Å². The first-order chi connectivity index (χ1) is 7.58. The fourth-order valence-electron chi connectivity index (χ4n) is 1.77. The first-order valence-electron chi connectivity index (χ1n) is 6.01. The third-order valence-electron chi connectivity index (χ3n) is 3.18. The van der Waals surface area contributed by atoms with Crippen LogP contribution in [-0.4, -0.2) is 17.8 Å². The predicted molar refractivity (Wildman–Crippen MR) is 70.9 cm³/mol. The molecule has 3 atom stereocenters. The average molecular weight is 241 g/mol. The molecule has 0 saturated heterocycles. The minimum atomic E-state index is 0.197. The van der Waals surface area contributed by atoms with E-state index in [1.54, 1.807) is 0 Å². The summed E-state index contributed by atoms with van der Waals surface area (Å²) in [5.41, 5.74) is 0. The molecule has 1 heterocycles. The summed E-state index contributed by atoms with van der Waals surface area (Å²) in [5, 5.41) is 12.9. The Balaban J connectivity index is 2.58. The van der Waals surface area contributed by atoms with Crippen molar-refractivity contribution in [1.82, 2.24) is 5.32 Å². The van der Waals surface area contributed by atoms with Crippen LogP contribution in [0.15, 0.2) is 12.1 Å². The van der Waals surface area contributed by atoms with Crippen molar-refractivity contribution >= 4 is 11.3 Å². The minimum Gasteiger partial charge on any atom is -0.395 e. The molecule has 0 fully saturated rings. The van der Waals surface area contributed by atoms with Crippen LogP contribution >= 0.6 is 11.3 Å². The molecule has 92 valence electrons. The third kappa shape index (κ3) is 3.58. The summed E-state index contributed by atoms with van der Waals surface area (Å²) >= 11 is 1.82. The van der Waals surface area contributed by atoms with Crippen LogP contribution in [0.1, 0.15) is 43.0 Å². The molecular formula is C13H23NOS. The lowest BCUT2D eigenvalue weighted by Gasteiger charge is -2.25. The van der Waals surface area contributed by atoms with E-state index in [1.165, 1.54) is 9.75 Å². The minimum absolute atomic E-state index is 0.197. The molecule has 0 bridgehead atoms. The molecule has 0 radical (unpaired) electrons. The van der Waals surface area contributed by atoms with E-state index in [-0.39, 0.29) is 12.6 Å². The maximum Gasteiger partial charge on any atom is 0.0587 e. The van der Waals surface area contributed by atoms with Crippen LogP contribution in [0.2, 0.25) is 0 Å². The van der Waals surface area contributed by atoms with Gasteiger partial charge in [0, 0.05) is 21.8 Å². The highest BCUT2D eigenvalue weighted by Gasteiger charge is 2.18. The van der Waals surface area contributed by atoms with Crippen LogP contribution in [-0.2, 0) is 0 Å². The van der Waals surface area contributed by atoms with Gasteiger partial charge in [-0.15, -0.1) is 11.3 Å². The van der Waals surface area contributed by atoms with Crippen molar-refractivity contribution in [3.8, 4) is 0 Å². The van der Waals surface area contributed by atoms with Crippen LogP contribution in [0.5, 0.6) is 0 Å². The quantitative estimate of drug-likeness (QED) is 0.802. The number of aliphatic hydroxyl groups excluding tert-OH is 1. The second kappa shape index (κ2) is 6.38. The SMILES string of the molecule is CCC(C)C(CO)NC(C)c1ccc(C)s1. The largest absolute Gasteiger partial charge is 0.395 e. The summed E-state index contributed by atoms with van der Waals surface area (Å²) in [7, 11) is 0. The highest BCUT2D eigenvalue weighted by molar-refractivity contribution is 7.12. The molecule has 0 aliphatic carbocycles. The van der Waals surface area contributed by atoms with Gasteiger partial charge in [0.1, 0.15) is 0 Å². The van der Waals surface area contributed by atoms with E-state index in [1.807, 2.05) is 11.3 Å². The van der Waals surface area contributed by atoms with Crippen LogP contribution in [0, 0.1) is 12.8 Å². The predicted octanol–water partition coefficient (Wildman–Crippen LogP) is 3.11. The van der Waals surface area contributed by atoms with E-state index < -0.39 is 0 Å². The highest BCUT2D eigenvalue weighted by atomic mass is 32.1. The summed E-state index contributed by atoms with van der Waals surface area (Å²) in [6.45, 7) is 8.84. The van der Waals surface area contributed by atoms with E-state index >= 15 is 0 Å². The Hall–Kier alpha value is -0.380. The van der Waals surface area contributed by atoms with Crippen LogP contribution in [0.3, 0.4) is 0 Å². The maximum absolute atomic E-state index is 9.37. The van der Waals surface area contributed by atoms with Crippen molar-refractivity contribution in [3.63, 3.8) is 0 Å². The Morgan fingerprint density at radius 1 is 1.38 bits per heavy atom. The number of rotatable bonds is 6. The van der Waals surface area contributed by atoms with Gasteiger partial charge in [0.05, 0.1) is 6.61 Å². The zero-order chi connectivity index (χ0) is 12.1. The van der Waals surface area contributed by atoms with Crippen molar-refractivity contribution in [2.45, 2.75) is 46.2 Å². The molecule has 0 spiro atoms. The van der Waals surface area contributed by atoms with Crippen molar-refractivity contribution in [3.05, 3.63) is 21.9 Å². The normalized spacial score (nSPS) is 17.1. The number of aliphatic hydroxyl groups is 1. The molecule has 2 nitrogen and oxygen atoms in total. The molecule has 0 aliphatic heterocycles. The molecule has 2 N–H and O–H groups in total. The van der Waals surface area contributed by atoms with Gasteiger partial charge in [0.25, 0.3) is 0 Å². The van der Waals surface area contributed by atoms with E-state index in [0.29, 0.717) is 12.0 Å². The van der Waals surface area contributed by atoms with E-state index in [2.05, 4.69) is 45.1 Å². The molecular weight excluding hydrogens is 218 g/mol. The first-order valence-corrected chi connectivity index (χ1v) is 6.83. The monoisotopic (exact) mass is 241 g/mol. The summed E-state index contributed by atoms with van der Waals surface area (Å²) in [6.07, 6.45) is 1.09.